The van der Waals surface area contributed by atoms with Crippen molar-refractivity contribution in [3.05, 3.63) is 0 Å². The van der Waals surface area contributed by atoms with Crippen LogP contribution in [0.25, 0.3) is 0 Å². The van der Waals surface area contributed by atoms with Crippen molar-refractivity contribution in [1.29, 1.82) is 0 Å². The van der Waals surface area contributed by atoms with Gasteiger partial charge in [-0.05, 0) is 18.8 Å². The molecule has 1 unspecified atom stereocenters. The number of rotatable bonds is 3. The van der Waals surface area contributed by atoms with Crippen LogP contribution in [0.2, 0.25) is 0 Å². The summed E-state index contributed by atoms with van der Waals surface area (Å²) in [5.41, 5.74) is 0. The highest BCUT2D eigenvalue weighted by molar-refractivity contribution is 5.87. The molecule has 16 heavy (non-hydrogen) atoms. The van der Waals surface area contributed by atoms with Gasteiger partial charge in [0.2, 0.25) is 11.8 Å². The summed E-state index contributed by atoms with van der Waals surface area (Å²) in [6, 6.07) is 0. The van der Waals surface area contributed by atoms with Crippen molar-refractivity contribution in [2.24, 2.45) is 5.92 Å². The number of amides is 2. The molecule has 0 spiro atoms. The largest absolute Gasteiger partial charge is 0.381 e. The molecular formula is C11H18N2O3. The normalized spacial score (nSPS) is 26.8. The number of nitrogens with zero attached hydrogens (tertiary/aromatic N) is 1. The fraction of sp³-hybridized carbons (Fsp3) is 0.818. The summed E-state index contributed by atoms with van der Waals surface area (Å²) >= 11 is 0. The summed E-state index contributed by atoms with van der Waals surface area (Å²) in [6.45, 7) is 3.12. The standard InChI is InChI=1S/C11H18N2O3/c14-10-2-5-13(11(15)7-12-10)4-1-9-3-6-16-8-9/h9H,1-8H2,(H,12,14). The van der Waals surface area contributed by atoms with Gasteiger partial charge >= 0.3 is 0 Å². The molecule has 2 aliphatic heterocycles. The molecule has 2 rings (SSSR count). The van der Waals surface area contributed by atoms with Gasteiger partial charge < -0.3 is 15.0 Å². The highest BCUT2D eigenvalue weighted by atomic mass is 16.5. The van der Waals surface area contributed by atoms with Gasteiger partial charge in [0, 0.05) is 32.7 Å². The average molecular weight is 226 g/mol. The molecule has 5 heteroatoms. The summed E-state index contributed by atoms with van der Waals surface area (Å²) < 4.78 is 5.30. The van der Waals surface area contributed by atoms with Gasteiger partial charge in [0.1, 0.15) is 0 Å². The van der Waals surface area contributed by atoms with E-state index in [4.69, 9.17) is 4.74 Å². The summed E-state index contributed by atoms with van der Waals surface area (Å²) in [6.07, 6.45) is 2.51. The zero-order chi connectivity index (χ0) is 11.4. The number of hydrogen-bond acceptors (Lipinski definition) is 3. The fourth-order valence-electron chi connectivity index (χ4n) is 2.12. The molecule has 2 fully saturated rings. The van der Waals surface area contributed by atoms with Crippen LogP contribution in [0.15, 0.2) is 0 Å². The third-order valence-corrected chi connectivity index (χ3v) is 3.23. The maximum atomic E-state index is 11.6. The lowest BCUT2D eigenvalue weighted by Crippen LogP contribution is -2.36. The van der Waals surface area contributed by atoms with Gasteiger partial charge in [-0.15, -0.1) is 0 Å². The van der Waals surface area contributed by atoms with Crippen LogP contribution < -0.4 is 5.32 Å². The minimum atomic E-state index is -0.0277. The van der Waals surface area contributed by atoms with Crippen LogP contribution in [0.4, 0.5) is 0 Å². The lowest BCUT2D eigenvalue weighted by Gasteiger charge is -2.21. The molecule has 0 radical (unpaired) electrons. The quantitative estimate of drug-likeness (QED) is 0.722. The predicted octanol–water partition coefficient (Wildman–Crippen LogP) is -0.238. The molecule has 0 aromatic rings. The average Bonchev–Trinajstić information content (AvgIpc) is 2.73. The van der Waals surface area contributed by atoms with Crippen molar-refractivity contribution in [2.75, 3.05) is 32.8 Å². The predicted molar refractivity (Wildman–Crippen MR) is 57.7 cm³/mol. The van der Waals surface area contributed by atoms with Crippen molar-refractivity contribution < 1.29 is 14.3 Å². The first-order valence-corrected chi connectivity index (χ1v) is 5.88. The second-order valence-corrected chi connectivity index (χ2v) is 4.43. The molecule has 2 amide bonds. The molecular weight excluding hydrogens is 208 g/mol. The van der Waals surface area contributed by atoms with E-state index >= 15 is 0 Å². The van der Waals surface area contributed by atoms with E-state index in [1.807, 2.05) is 0 Å². The molecule has 0 bridgehead atoms. The van der Waals surface area contributed by atoms with Gasteiger partial charge in [0.05, 0.1) is 6.54 Å². The molecule has 0 aromatic heterocycles. The minimum Gasteiger partial charge on any atom is -0.381 e. The molecule has 0 aromatic carbocycles. The van der Waals surface area contributed by atoms with Gasteiger partial charge in [-0.3, -0.25) is 9.59 Å². The third-order valence-electron chi connectivity index (χ3n) is 3.23. The molecule has 2 saturated heterocycles. The molecule has 2 heterocycles. The Labute approximate surface area is 95.1 Å². The van der Waals surface area contributed by atoms with Crippen LogP contribution in [0.3, 0.4) is 0 Å². The first-order chi connectivity index (χ1) is 7.75. The first kappa shape index (κ1) is 11.4. The zero-order valence-corrected chi connectivity index (χ0v) is 9.41. The van der Waals surface area contributed by atoms with Crippen molar-refractivity contribution in [3.63, 3.8) is 0 Å². The maximum Gasteiger partial charge on any atom is 0.241 e. The Morgan fingerprint density at radius 1 is 1.44 bits per heavy atom. The van der Waals surface area contributed by atoms with Gasteiger partial charge in [0.25, 0.3) is 0 Å². The summed E-state index contributed by atoms with van der Waals surface area (Å²) in [5, 5.41) is 2.60. The van der Waals surface area contributed by atoms with E-state index in [1.54, 1.807) is 4.90 Å². The number of nitrogens with one attached hydrogen (secondary N) is 1. The Kier molecular flexibility index (Phi) is 3.77. The molecule has 0 aliphatic carbocycles. The number of ether oxygens (including phenoxy) is 1. The highest BCUT2D eigenvalue weighted by Crippen LogP contribution is 2.16. The van der Waals surface area contributed by atoms with Crippen molar-refractivity contribution in [1.82, 2.24) is 10.2 Å². The van der Waals surface area contributed by atoms with Crippen LogP contribution in [-0.2, 0) is 14.3 Å². The molecule has 2 aliphatic rings. The molecule has 1 atom stereocenters. The van der Waals surface area contributed by atoms with E-state index in [0.29, 0.717) is 18.9 Å². The van der Waals surface area contributed by atoms with Crippen molar-refractivity contribution in [2.45, 2.75) is 19.3 Å². The van der Waals surface area contributed by atoms with Gasteiger partial charge in [-0.25, -0.2) is 0 Å². The number of hydrogen-bond donors (Lipinski definition) is 1. The Morgan fingerprint density at radius 3 is 3.06 bits per heavy atom. The fourth-order valence-corrected chi connectivity index (χ4v) is 2.12. The SMILES string of the molecule is O=C1CCN(CCC2CCOC2)C(=O)CN1. The molecule has 5 nitrogen and oxygen atoms in total. The van der Waals surface area contributed by atoms with E-state index in [0.717, 1.165) is 32.6 Å². The Morgan fingerprint density at radius 2 is 2.31 bits per heavy atom. The van der Waals surface area contributed by atoms with Crippen molar-refractivity contribution in [3.8, 4) is 0 Å². The molecule has 0 saturated carbocycles. The topological polar surface area (TPSA) is 58.6 Å². The van der Waals surface area contributed by atoms with E-state index in [9.17, 15) is 9.59 Å². The smallest absolute Gasteiger partial charge is 0.241 e. The zero-order valence-electron chi connectivity index (χ0n) is 9.41. The number of carbonyl (C=O) groups excluding carboxylic acids is 2. The maximum absolute atomic E-state index is 11.6. The van der Waals surface area contributed by atoms with Gasteiger partial charge in [0.15, 0.2) is 0 Å². The second kappa shape index (κ2) is 5.30. The molecule has 90 valence electrons. The Bertz CT molecular complexity index is 274. The van der Waals surface area contributed by atoms with E-state index < -0.39 is 0 Å². The highest BCUT2D eigenvalue weighted by Gasteiger charge is 2.22. The van der Waals surface area contributed by atoms with E-state index in [2.05, 4.69) is 5.32 Å². The lowest BCUT2D eigenvalue weighted by atomic mass is 10.0. The Hall–Kier alpha value is -1.10. The minimum absolute atomic E-state index is 0.0277. The van der Waals surface area contributed by atoms with E-state index in [-0.39, 0.29) is 18.4 Å². The summed E-state index contributed by atoms with van der Waals surface area (Å²) in [7, 11) is 0. The molecule has 1 N–H and O–H groups in total. The summed E-state index contributed by atoms with van der Waals surface area (Å²) in [5.74, 6) is 0.588. The number of carbonyl (C=O) groups is 2. The van der Waals surface area contributed by atoms with Gasteiger partial charge in [-0.1, -0.05) is 0 Å². The second-order valence-electron chi connectivity index (χ2n) is 4.43. The van der Waals surface area contributed by atoms with Crippen LogP contribution >= 0.6 is 0 Å². The van der Waals surface area contributed by atoms with Crippen LogP contribution in [0, 0.1) is 5.92 Å². The van der Waals surface area contributed by atoms with Crippen LogP contribution in [0.1, 0.15) is 19.3 Å². The lowest BCUT2D eigenvalue weighted by molar-refractivity contribution is -0.130. The third kappa shape index (κ3) is 2.95. The summed E-state index contributed by atoms with van der Waals surface area (Å²) in [4.78, 5) is 24.6. The van der Waals surface area contributed by atoms with Gasteiger partial charge in [-0.2, -0.15) is 0 Å². The monoisotopic (exact) mass is 226 g/mol. The van der Waals surface area contributed by atoms with Crippen molar-refractivity contribution >= 4 is 11.8 Å². The first-order valence-electron chi connectivity index (χ1n) is 5.88. The Balaban J connectivity index is 1.78. The van der Waals surface area contributed by atoms with Crippen LogP contribution in [-0.4, -0.2) is 49.6 Å². The van der Waals surface area contributed by atoms with E-state index in [1.165, 1.54) is 0 Å². The van der Waals surface area contributed by atoms with Crippen LogP contribution in [0.5, 0.6) is 0 Å².